The van der Waals surface area contributed by atoms with Crippen molar-refractivity contribution >= 4 is 22.9 Å². The summed E-state index contributed by atoms with van der Waals surface area (Å²) in [4.78, 5) is -0.236. The van der Waals surface area contributed by atoms with Crippen LogP contribution in [0.3, 0.4) is 0 Å². The third-order valence-electron chi connectivity index (χ3n) is 4.20. The van der Waals surface area contributed by atoms with Crippen LogP contribution in [0.1, 0.15) is 37.3 Å². The van der Waals surface area contributed by atoms with Crippen molar-refractivity contribution in [2.45, 2.75) is 32.4 Å². The minimum absolute atomic E-state index is 0.123. The molecule has 0 heterocycles. The number of anilines is 1. The van der Waals surface area contributed by atoms with Crippen LogP contribution in [0.5, 0.6) is 0 Å². The van der Waals surface area contributed by atoms with Crippen LogP contribution in [0.4, 0.5) is 18.9 Å². The van der Waals surface area contributed by atoms with Crippen LogP contribution in [0, 0.1) is 11.8 Å². The zero-order chi connectivity index (χ0) is 15.6. The monoisotopic (exact) mass is 316 g/mol. The van der Waals surface area contributed by atoms with E-state index in [0.717, 1.165) is 19.0 Å². The average Bonchev–Trinajstić information content (AvgIpc) is 2.80. The van der Waals surface area contributed by atoms with Gasteiger partial charge in [-0.2, -0.15) is 13.2 Å². The number of rotatable bonds is 4. The van der Waals surface area contributed by atoms with Crippen LogP contribution in [0.15, 0.2) is 18.2 Å². The first-order valence-electron chi connectivity index (χ1n) is 7.04. The standard InChI is InChI=1S/C15H19F3N2S/c1-9-3-2-4-10(9)8-20-11-5-6-13(15(16,17)18)12(7-11)14(19)21/h5-7,9-10,20H,2-4,8H2,1H3,(H2,19,21). The van der Waals surface area contributed by atoms with E-state index in [-0.39, 0.29) is 10.6 Å². The van der Waals surface area contributed by atoms with Gasteiger partial charge in [-0.05, 0) is 36.5 Å². The second-order valence-corrected chi connectivity index (χ2v) is 6.11. The minimum atomic E-state index is -4.45. The number of halogens is 3. The van der Waals surface area contributed by atoms with Gasteiger partial charge in [0.25, 0.3) is 0 Å². The van der Waals surface area contributed by atoms with Gasteiger partial charge in [0, 0.05) is 17.8 Å². The Kier molecular flexibility index (Phi) is 4.76. The molecular formula is C15H19F3N2S. The lowest BCUT2D eigenvalue weighted by molar-refractivity contribution is -0.137. The van der Waals surface area contributed by atoms with Crippen molar-refractivity contribution in [1.82, 2.24) is 0 Å². The molecule has 0 radical (unpaired) electrons. The second-order valence-electron chi connectivity index (χ2n) is 5.67. The van der Waals surface area contributed by atoms with Gasteiger partial charge in [-0.3, -0.25) is 0 Å². The van der Waals surface area contributed by atoms with Gasteiger partial charge < -0.3 is 11.1 Å². The molecule has 2 rings (SSSR count). The maximum absolute atomic E-state index is 12.9. The highest BCUT2D eigenvalue weighted by Crippen LogP contribution is 2.34. The van der Waals surface area contributed by atoms with Gasteiger partial charge >= 0.3 is 6.18 Å². The van der Waals surface area contributed by atoms with E-state index >= 15 is 0 Å². The molecule has 21 heavy (non-hydrogen) atoms. The Labute approximate surface area is 127 Å². The summed E-state index contributed by atoms with van der Waals surface area (Å²) < 4.78 is 38.7. The molecule has 1 aromatic rings. The number of hydrogen-bond acceptors (Lipinski definition) is 2. The number of alkyl halides is 3. The zero-order valence-corrected chi connectivity index (χ0v) is 12.7. The van der Waals surface area contributed by atoms with Gasteiger partial charge in [0.1, 0.15) is 4.99 Å². The van der Waals surface area contributed by atoms with E-state index in [2.05, 4.69) is 12.2 Å². The Balaban J connectivity index is 2.14. The van der Waals surface area contributed by atoms with E-state index < -0.39 is 11.7 Å². The predicted octanol–water partition coefficient (Wildman–Crippen LogP) is 4.19. The SMILES string of the molecule is CC1CCCC1CNc1ccc(C(F)(F)F)c(C(N)=S)c1. The largest absolute Gasteiger partial charge is 0.417 e. The molecule has 2 unspecified atom stereocenters. The molecule has 0 spiro atoms. The molecular weight excluding hydrogens is 297 g/mol. The average molecular weight is 316 g/mol. The van der Waals surface area contributed by atoms with E-state index in [4.69, 9.17) is 18.0 Å². The van der Waals surface area contributed by atoms with E-state index in [9.17, 15) is 13.2 Å². The fraction of sp³-hybridized carbons (Fsp3) is 0.533. The molecule has 0 bridgehead atoms. The summed E-state index contributed by atoms with van der Waals surface area (Å²) in [6.07, 6.45) is -0.843. The van der Waals surface area contributed by atoms with Crippen molar-refractivity contribution in [2.24, 2.45) is 17.6 Å². The number of benzene rings is 1. The normalized spacial score (nSPS) is 22.3. The molecule has 0 amide bonds. The lowest BCUT2D eigenvalue weighted by atomic mass is 9.98. The van der Waals surface area contributed by atoms with Crippen LogP contribution in [0.25, 0.3) is 0 Å². The molecule has 116 valence electrons. The number of hydrogen-bond donors (Lipinski definition) is 2. The summed E-state index contributed by atoms with van der Waals surface area (Å²) in [6.45, 7) is 2.98. The van der Waals surface area contributed by atoms with Crippen molar-refractivity contribution < 1.29 is 13.2 Å². The number of nitrogens with two attached hydrogens (primary N) is 1. The van der Waals surface area contributed by atoms with Gasteiger partial charge in [0.2, 0.25) is 0 Å². The molecule has 6 heteroatoms. The van der Waals surface area contributed by atoms with Crippen molar-refractivity contribution in [2.75, 3.05) is 11.9 Å². The summed E-state index contributed by atoms with van der Waals surface area (Å²) in [5.41, 5.74) is 5.15. The van der Waals surface area contributed by atoms with Crippen LogP contribution in [-0.2, 0) is 6.18 Å². The van der Waals surface area contributed by atoms with Crippen molar-refractivity contribution in [1.29, 1.82) is 0 Å². The Hall–Kier alpha value is -1.30. The second kappa shape index (κ2) is 6.22. The maximum atomic E-state index is 12.9. The minimum Gasteiger partial charge on any atom is -0.389 e. The highest BCUT2D eigenvalue weighted by Gasteiger charge is 2.34. The zero-order valence-electron chi connectivity index (χ0n) is 11.8. The van der Waals surface area contributed by atoms with Crippen LogP contribution < -0.4 is 11.1 Å². The Morgan fingerprint density at radius 1 is 1.38 bits per heavy atom. The van der Waals surface area contributed by atoms with E-state index in [1.807, 2.05) is 0 Å². The third-order valence-corrected chi connectivity index (χ3v) is 4.42. The van der Waals surface area contributed by atoms with Crippen molar-refractivity contribution in [3.63, 3.8) is 0 Å². The van der Waals surface area contributed by atoms with Gasteiger partial charge in [0.15, 0.2) is 0 Å². The Morgan fingerprint density at radius 2 is 2.10 bits per heavy atom. The Morgan fingerprint density at radius 3 is 2.62 bits per heavy atom. The van der Waals surface area contributed by atoms with E-state index in [1.54, 1.807) is 0 Å². The summed E-state index contributed by atoms with van der Waals surface area (Å²) in [5, 5.41) is 3.21. The van der Waals surface area contributed by atoms with Gasteiger partial charge in [-0.25, -0.2) is 0 Å². The fourth-order valence-electron chi connectivity index (χ4n) is 2.88. The van der Waals surface area contributed by atoms with Crippen LogP contribution in [0.2, 0.25) is 0 Å². The van der Waals surface area contributed by atoms with Gasteiger partial charge in [-0.15, -0.1) is 0 Å². The molecule has 1 aromatic carbocycles. The lowest BCUT2D eigenvalue weighted by Gasteiger charge is -2.18. The number of thiocarbonyl (C=S) groups is 1. The summed E-state index contributed by atoms with van der Waals surface area (Å²) in [6, 6.07) is 3.86. The third kappa shape index (κ3) is 3.87. The molecule has 0 aliphatic heterocycles. The lowest BCUT2D eigenvalue weighted by Crippen LogP contribution is -2.20. The molecule has 0 saturated heterocycles. The highest BCUT2D eigenvalue weighted by atomic mass is 32.1. The molecule has 2 nitrogen and oxygen atoms in total. The summed E-state index contributed by atoms with van der Waals surface area (Å²) in [5.74, 6) is 1.22. The molecule has 1 saturated carbocycles. The summed E-state index contributed by atoms with van der Waals surface area (Å²) >= 11 is 4.74. The summed E-state index contributed by atoms with van der Waals surface area (Å²) in [7, 11) is 0. The van der Waals surface area contributed by atoms with Gasteiger partial charge in [0.05, 0.1) is 5.56 Å². The molecule has 1 aliphatic carbocycles. The topological polar surface area (TPSA) is 38.0 Å². The van der Waals surface area contributed by atoms with Gasteiger partial charge in [-0.1, -0.05) is 32.0 Å². The quantitative estimate of drug-likeness (QED) is 0.818. The Bertz CT molecular complexity index is 528. The predicted molar refractivity (Wildman–Crippen MR) is 82.3 cm³/mol. The molecule has 0 aromatic heterocycles. The fourth-order valence-corrected chi connectivity index (χ4v) is 3.05. The maximum Gasteiger partial charge on any atom is 0.417 e. The smallest absolute Gasteiger partial charge is 0.389 e. The van der Waals surface area contributed by atoms with E-state index in [1.165, 1.54) is 25.0 Å². The molecule has 3 N–H and O–H groups in total. The molecule has 1 fully saturated rings. The highest BCUT2D eigenvalue weighted by molar-refractivity contribution is 7.80. The first-order valence-corrected chi connectivity index (χ1v) is 7.45. The first kappa shape index (κ1) is 16.1. The number of nitrogens with one attached hydrogen (secondary N) is 1. The molecule has 2 atom stereocenters. The van der Waals surface area contributed by atoms with Crippen LogP contribution >= 0.6 is 12.2 Å². The van der Waals surface area contributed by atoms with E-state index in [0.29, 0.717) is 17.5 Å². The first-order chi connectivity index (χ1) is 9.79. The van der Waals surface area contributed by atoms with Crippen LogP contribution in [-0.4, -0.2) is 11.5 Å². The molecule has 1 aliphatic rings. The van der Waals surface area contributed by atoms with Crippen molar-refractivity contribution in [3.05, 3.63) is 29.3 Å². The van der Waals surface area contributed by atoms with Crippen molar-refractivity contribution in [3.8, 4) is 0 Å².